The van der Waals surface area contributed by atoms with Crippen molar-refractivity contribution in [1.29, 1.82) is 0 Å². The van der Waals surface area contributed by atoms with Gasteiger partial charge in [0.15, 0.2) is 5.03 Å². The molecule has 2 heterocycles. The van der Waals surface area contributed by atoms with E-state index in [1.165, 1.54) is 30.0 Å². The summed E-state index contributed by atoms with van der Waals surface area (Å²) in [6.45, 7) is 3.93. The number of hydrogen-bond acceptors (Lipinski definition) is 6. The summed E-state index contributed by atoms with van der Waals surface area (Å²) >= 11 is 12.1. The molecule has 0 atom stereocenters. The topological polar surface area (TPSA) is 83.3 Å². The largest absolute Gasteiger partial charge is 0.480 e. The van der Waals surface area contributed by atoms with Crippen molar-refractivity contribution < 1.29 is 17.9 Å². The molecule has 30 heavy (non-hydrogen) atoms. The third-order valence-electron chi connectivity index (χ3n) is 4.27. The van der Waals surface area contributed by atoms with Crippen LogP contribution in [-0.2, 0) is 27.8 Å². The van der Waals surface area contributed by atoms with E-state index in [1.54, 1.807) is 12.4 Å². The smallest absolute Gasteiger partial charge is 0.239 e. The molecular weight excluding hydrogens is 449 g/mol. The van der Waals surface area contributed by atoms with Gasteiger partial charge in [0.25, 0.3) is 0 Å². The van der Waals surface area contributed by atoms with Gasteiger partial charge < -0.3 is 9.47 Å². The van der Waals surface area contributed by atoms with Crippen molar-refractivity contribution >= 4 is 33.0 Å². The number of methoxy groups -OCH3 is 1. The normalized spacial score (nSPS) is 11.8. The van der Waals surface area contributed by atoms with Gasteiger partial charge in [-0.2, -0.15) is 0 Å². The first-order chi connectivity index (χ1) is 14.2. The lowest BCUT2D eigenvalue weighted by molar-refractivity contribution is 0.103. The fourth-order valence-corrected chi connectivity index (χ4v) is 5.31. The molecule has 0 bridgehead atoms. The molecule has 0 aliphatic carbocycles. The maximum atomic E-state index is 13.5. The van der Waals surface area contributed by atoms with Crippen LogP contribution in [0.1, 0.15) is 31.0 Å². The van der Waals surface area contributed by atoms with E-state index >= 15 is 0 Å². The molecule has 10 heteroatoms. The van der Waals surface area contributed by atoms with Crippen LogP contribution < -0.4 is 4.74 Å². The molecule has 0 aliphatic heterocycles. The Morgan fingerprint density at radius 1 is 1.07 bits per heavy atom. The zero-order valence-corrected chi connectivity index (χ0v) is 19.0. The molecule has 1 aromatic carbocycles. The molecule has 0 spiro atoms. The molecule has 3 aromatic rings. The molecule has 160 valence electrons. The first-order valence-electron chi connectivity index (χ1n) is 9.07. The van der Waals surface area contributed by atoms with Gasteiger partial charge in [-0.1, -0.05) is 23.2 Å². The van der Waals surface area contributed by atoms with Crippen molar-refractivity contribution in [2.45, 2.75) is 43.0 Å². The van der Waals surface area contributed by atoms with Gasteiger partial charge in [-0.25, -0.2) is 13.1 Å². The van der Waals surface area contributed by atoms with E-state index < -0.39 is 9.84 Å². The van der Waals surface area contributed by atoms with Crippen molar-refractivity contribution in [2.24, 2.45) is 0 Å². The third kappa shape index (κ3) is 4.78. The number of hydrogen-bond donors (Lipinski definition) is 0. The van der Waals surface area contributed by atoms with Gasteiger partial charge in [-0.05, 0) is 49.7 Å². The number of benzene rings is 1. The second-order valence-corrected chi connectivity index (χ2v) is 9.53. The molecule has 0 unspecified atom stereocenters. The number of sulfone groups is 1. The Morgan fingerprint density at radius 3 is 2.27 bits per heavy atom. The predicted molar refractivity (Wildman–Crippen MR) is 114 cm³/mol. The van der Waals surface area contributed by atoms with E-state index in [1.807, 2.05) is 26.0 Å². The molecule has 2 aromatic heterocycles. The number of halogens is 2. The first-order valence-corrected chi connectivity index (χ1v) is 11.3. The fourth-order valence-electron chi connectivity index (χ4n) is 2.90. The van der Waals surface area contributed by atoms with Gasteiger partial charge in [-0.15, -0.1) is 5.10 Å². The van der Waals surface area contributed by atoms with E-state index in [4.69, 9.17) is 32.7 Å². The van der Waals surface area contributed by atoms with Crippen molar-refractivity contribution in [3.8, 4) is 5.88 Å². The number of pyridine rings is 1. The lowest BCUT2D eigenvalue weighted by Gasteiger charge is -2.14. The highest BCUT2D eigenvalue weighted by molar-refractivity contribution is 7.91. The Bertz CT molecular complexity index is 1110. The summed E-state index contributed by atoms with van der Waals surface area (Å²) in [7, 11) is -2.58. The maximum absolute atomic E-state index is 13.5. The average Bonchev–Trinajstić information content (AvgIpc) is 3.08. The third-order valence-corrected chi connectivity index (χ3v) is 6.51. The minimum Gasteiger partial charge on any atom is -0.480 e. The Morgan fingerprint density at radius 2 is 1.70 bits per heavy atom. The zero-order valence-electron chi connectivity index (χ0n) is 16.7. The zero-order chi connectivity index (χ0) is 21.9. The minimum absolute atomic E-state index is 0.0117. The lowest BCUT2D eigenvalue weighted by atomic mass is 10.3. The summed E-state index contributed by atoms with van der Waals surface area (Å²) in [5, 5.41) is 4.78. The van der Waals surface area contributed by atoms with Gasteiger partial charge in [0, 0.05) is 28.5 Å². The second kappa shape index (κ2) is 9.34. The number of nitrogens with zero attached hydrogens (tertiary/aromatic N) is 3. The summed E-state index contributed by atoms with van der Waals surface area (Å²) in [6.07, 6.45) is 3.32. The number of aromatic nitrogens is 3. The van der Waals surface area contributed by atoms with Crippen LogP contribution >= 0.6 is 23.2 Å². The van der Waals surface area contributed by atoms with E-state index in [0.717, 1.165) is 5.56 Å². The monoisotopic (exact) mass is 469 g/mol. The summed E-state index contributed by atoms with van der Waals surface area (Å²) in [4.78, 5) is 3.94. The first kappa shape index (κ1) is 22.6. The van der Waals surface area contributed by atoms with Crippen LogP contribution in [0.2, 0.25) is 10.0 Å². The Labute approximate surface area is 185 Å². The van der Waals surface area contributed by atoms with E-state index in [2.05, 4.69) is 10.1 Å². The fraction of sp³-hybridized carbons (Fsp3) is 0.300. The van der Waals surface area contributed by atoms with Crippen molar-refractivity contribution in [1.82, 2.24) is 14.8 Å². The van der Waals surface area contributed by atoms with Crippen LogP contribution in [0.25, 0.3) is 0 Å². The molecule has 0 aliphatic rings. The highest BCUT2D eigenvalue weighted by atomic mass is 35.5. The van der Waals surface area contributed by atoms with Crippen molar-refractivity contribution in [3.05, 3.63) is 63.9 Å². The van der Waals surface area contributed by atoms with Gasteiger partial charge in [0.2, 0.25) is 15.7 Å². The lowest BCUT2D eigenvalue weighted by Crippen LogP contribution is -2.15. The summed E-state index contributed by atoms with van der Waals surface area (Å²) in [5.41, 5.74) is 1.24. The van der Waals surface area contributed by atoms with Gasteiger partial charge in [0.05, 0.1) is 30.8 Å². The number of ether oxygens (including phenoxy) is 2. The van der Waals surface area contributed by atoms with Crippen molar-refractivity contribution in [3.63, 3.8) is 0 Å². The quantitative estimate of drug-likeness (QED) is 0.474. The van der Waals surface area contributed by atoms with Crippen LogP contribution in [0.15, 0.2) is 52.6 Å². The van der Waals surface area contributed by atoms with Crippen molar-refractivity contribution in [2.75, 3.05) is 7.11 Å². The SMILES string of the molecule is COc1nn(C(C)C)c(S(=O)(=O)c2cc(Cl)cc(Cl)c2)c1COCc1ccncc1. The molecule has 0 saturated heterocycles. The highest BCUT2D eigenvalue weighted by Crippen LogP contribution is 2.34. The summed E-state index contributed by atoms with van der Waals surface area (Å²) in [6, 6.07) is 7.58. The van der Waals surface area contributed by atoms with Gasteiger partial charge in [-0.3, -0.25) is 4.98 Å². The van der Waals surface area contributed by atoms with E-state index in [-0.39, 0.29) is 45.1 Å². The van der Waals surface area contributed by atoms with Crippen LogP contribution in [0.5, 0.6) is 5.88 Å². The van der Waals surface area contributed by atoms with Gasteiger partial charge >= 0.3 is 0 Å². The summed E-state index contributed by atoms with van der Waals surface area (Å²) in [5.74, 6) is 0.185. The molecule has 0 N–H and O–H groups in total. The van der Waals surface area contributed by atoms with Crippen LogP contribution in [0.4, 0.5) is 0 Å². The Hall–Kier alpha value is -2.13. The minimum atomic E-state index is -4.01. The predicted octanol–water partition coefficient (Wildman–Crippen LogP) is 4.72. The molecule has 3 rings (SSSR count). The molecule has 0 radical (unpaired) electrons. The van der Waals surface area contributed by atoms with Crippen LogP contribution in [0.3, 0.4) is 0 Å². The van der Waals surface area contributed by atoms with E-state index in [0.29, 0.717) is 5.56 Å². The van der Waals surface area contributed by atoms with Gasteiger partial charge in [0.1, 0.15) is 0 Å². The molecule has 7 nitrogen and oxygen atoms in total. The second-order valence-electron chi connectivity index (χ2n) is 6.79. The standard InChI is InChI=1S/C20H21Cl2N3O4S/c1-13(2)25-20(30(26,27)17-9-15(21)8-16(22)10-17)18(19(24-25)28-3)12-29-11-14-4-6-23-7-5-14/h4-10,13H,11-12H2,1-3H3. The molecule has 0 amide bonds. The van der Waals surface area contributed by atoms with Crippen LogP contribution in [-0.4, -0.2) is 30.3 Å². The Balaban J connectivity index is 2.06. The summed E-state index contributed by atoms with van der Waals surface area (Å²) < 4.78 is 39.7. The molecule has 0 fully saturated rings. The Kier molecular flexibility index (Phi) is 7.02. The highest BCUT2D eigenvalue weighted by Gasteiger charge is 2.32. The van der Waals surface area contributed by atoms with E-state index in [9.17, 15) is 8.42 Å². The van der Waals surface area contributed by atoms with Crippen LogP contribution in [0, 0.1) is 0 Å². The molecule has 0 saturated carbocycles. The average molecular weight is 470 g/mol. The molecular formula is C20H21Cl2N3O4S. The number of rotatable bonds is 8. The maximum Gasteiger partial charge on any atom is 0.239 e.